The topological polar surface area (TPSA) is 56.8 Å². The van der Waals surface area contributed by atoms with Gasteiger partial charge in [-0.25, -0.2) is 0 Å². The molecule has 2 heterocycles. The van der Waals surface area contributed by atoms with Gasteiger partial charge in [-0.15, -0.1) is 0 Å². The Morgan fingerprint density at radius 1 is 1.09 bits per heavy atom. The fourth-order valence-electron chi connectivity index (χ4n) is 12.1. The third-order valence-electron chi connectivity index (χ3n) is 15.9. The standard InChI is InChI=1S/C39H65NO4/c1-13-26-20-38-25(5)42-21-36(10,32(26)43-22-37(11,40-12)34(6,7)8)30(38)17-16-27-28(38)14-15-29-31-33(41)44-39(31,24(4)23(2)3)19-18-35(27,29)9/h14,23-27,29-32,40H,13,15-22H2,1-12H3. The summed E-state index contributed by atoms with van der Waals surface area (Å²) < 4.78 is 20.3. The van der Waals surface area contributed by atoms with E-state index in [0.29, 0.717) is 42.1 Å². The first-order valence-electron chi connectivity index (χ1n) is 18.3. The molecule has 13 unspecified atom stereocenters. The number of ether oxygens (including phenoxy) is 3. The molecule has 5 heteroatoms. The highest BCUT2D eigenvalue weighted by Gasteiger charge is 2.73. The van der Waals surface area contributed by atoms with Gasteiger partial charge in [-0.1, -0.05) is 80.4 Å². The number of hydrogen-bond donors (Lipinski definition) is 1. The molecule has 2 aliphatic heterocycles. The number of likely N-dealkylation sites (N-methyl/N-ethyl adjacent to an activating group) is 1. The fourth-order valence-corrected chi connectivity index (χ4v) is 12.1. The van der Waals surface area contributed by atoms with Gasteiger partial charge in [0.15, 0.2) is 0 Å². The van der Waals surface area contributed by atoms with E-state index < -0.39 is 0 Å². The van der Waals surface area contributed by atoms with Gasteiger partial charge in [0.1, 0.15) is 11.5 Å². The number of allylic oxidation sites excluding steroid dienone is 1. The predicted octanol–water partition coefficient (Wildman–Crippen LogP) is 8.21. The van der Waals surface area contributed by atoms with E-state index >= 15 is 0 Å². The maximum atomic E-state index is 13.3. The van der Waals surface area contributed by atoms with Gasteiger partial charge in [-0.2, -0.15) is 0 Å². The summed E-state index contributed by atoms with van der Waals surface area (Å²) in [6.07, 6.45) is 11.0. The number of fused-ring (bicyclic) bond motifs is 5. The fraction of sp³-hybridized carbons (Fsp3) is 0.923. The van der Waals surface area contributed by atoms with Crippen LogP contribution in [-0.4, -0.2) is 49.6 Å². The Morgan fingerprint density at radius 3 is 2.39 bits per heavy atom. The molecule has 0 amide bonds. The van der Waals surface area contributed by atoms with Crippen molar-refractivity contribution in [3.63, 3.8) is 0 Å². The molecule has 0 radical (unpaired) electrons. The van der Waals surface area contributed by atoms with Gasteiger partial charge in [0.2, 0.25) is 0 Å². The monoisotopic (exact) mass is 611 g/mol. The lowest BCUT2D eigenvalue weighted by Gasteiger charge is -2.71. The molecule has 3 saturated carbocycles. The molecule has 5 fully saturated rings. The zero-order valence-corrected chi connectivity index (χ0v) is 30.3. The van der Waals surface area contributed by atoms with Crippen molar-refractivity contribution in [1.82, 2.24) is 5.32 Å². The minimum absolute atomic E-state index is 0.0201. The van der Waals surface area contributed by atoms with Crippen LogP contribution in [0.4, 0.5) is 0 Å². The van der Waals surface area contributed by atoms with Crippen molar-refractivity contribution in [2.75, 3.05) is 20.3 Å². The second-order valence-corrected chi connectivity index (χ2v) is 18.5. The van der Waals surface area contributed by atoms with Gasteiger partial charge in [0, 0.05) is 16.4 Å². The van der Waals surface area contributed by atoms with Crippen molar-refractivity contribution < 1.29 is 19.0 Å². The van der Waals surface area contributed by atoms with Gasteiger partial charge in [0.25, 0.3) is 0 Å². The second kappa shape index (κ2) is 10.5. The maximum absolute atomic E-state index is 13.3. The second-order valence-electron chi connectivity index (χ2n) is 18.5. The molecule has 0 aromatic heterocycles. The van der Waals surface area contributed by atoms with Crippen LogP contribution < -0.4 is 5.32 Å². The Balaban J connectivity index is 1.36. The number of hydrogen-bond acceptors (Lipinski definition) is 5. The van der Waals surface area contributed by atoms with Crippen LogP contribution in [0.25, 0.3) is 0 Å². The summed E-state index contributed by atoms with van der Waals surface area (Å²) in [6, 6.07) is 0. The molecule has 13 atom stereocenters. The van der Waals surface area contributed by atoms with Crippen LogP contribution in [0.1, 0.15) is 121 Å². The van der Waals surface area contributed by atoms with Gasteiger partial charge < -0.3 is 19.5 Å². The Bertz CT molecular complexity index is 1170. The first kappa shape index (κ1) is 33.0. The molecule has 5 nitrogen and oxygen atoms in total. The van der Waals surface area contributed by atoms with E-state index in [-0.39, 0.29) is 56.9 Å². The van der Waals surface area contributed by atoms with E-state index in [1.807, 2.05) is 0 Å². The molecule has 0 spiro atoms. The molecule has 4 aliphatic carbocycles. The highest BCUT2D eigenvalue weighted by Crippen LogP contribution is 2.73. The predicted molar refractivity (Wildman–Crippen MR) is 177 cm³/mol. The third-order valence-corrected chi connectivity index (χ3v) is 15.9. The molecular formula is C39H65NO4. The molecule has 44 heavy (non-hydrogen) atoms. The third kappa shape index (κ3) is 4.15. The largest absolute Gasteiger partial charge is 0.458 e. The lowest BCUT2D eigenvalue weighted by Crippen LogP contribution is -2.72. The first-order valence-corrected chi connectivity index (χ1v) is 18.3. The molecular weight excluding hydrogens is 546 g/mol. The van der Waals surface area contributed by atoms with E-state index in [0.717, 1.165) is 38.7 Å². The quantitative estimate of drug-likeness (QED) is 0.232. The van der Waals surface area contributed by atoms with Crippen LogP contribution in [0.2, 0.25) is 0 Å². The summed E-state index contributed by atoms with van der Waals surface area (Å²) in [6.45, 7) is 27.5. The Kier molecular flexibility index (Phi) is 7.91. The van der Waals surface area contributed by atoms with Crippen LogP contribution in [-0.2, 0) is 19.0 Å². The van der Waals surface area contributed by atoms with E-state index in [1.54, 1.807) is 5.57 Å². The number of carbonyl (C=O) groups excluding carboxylic acids is 1. The molecule has 6 rings (SSSR count). The zero-order chi connectivity index (χ0) is 32.3. The number of carbonyl (C=O) groups is 1. The molecule has 0 aromatic carbocycles. The van der Waals surface area contributed by atoms with Gasteiger partial charge in [-0.05, 0) is 106 Å². The molecule has 250 valence electrons. The number of esters is 1. The van der Waals surface area contributed by atoms with Crippen LogP contribution in [0.5, 0.6) is 0 Å². The summed E-state index contributed by atoms with van der Waals surface area (Å²) in [4.78, 5) is 13.3. The van der Waals surface area contributed by atoms with E-state index in [1.165, 1.54) is 12.8 Å². The van der Waals surface area contributed by atoms with Crippen molar-refractivity contribution in [3.05, 3.63) is 11.6 Å². The lowest BCUT2D eigenvalue weighted by atomic mass is 9.36. The van der Waals surface area contributed by atoms with Gasteiger partial charge >= 0.3 is 5.97 Å². The van der Waals surface area contributed by atoms with Gasteiger partial charge in [-0.3, -0.25) is 4.79 Å². The molecule has 2 saturated heterocycles. The van der Waals surface area contributed by atoms with Crippen molar-refractivity contribution in [2.24, 2.45) is 63.1 Å². The Labute approximate surface area is 269 Å². The zero-order valence-electron chi connectivity index (χ0n) is 30.3. The Hall–Kier alpha value is -0.910. The highest BCUT2D eigenvalue weighted by molar-refractivity contribution is 5.81. The number of nitrogens with one attached hydrogen (secondary N) is 1. The van der Waals surface area contributed by atoms with Crippen LogP contribution in [0.3, 0.4) is 0 Å². The first-order chi connectivity index (χ1) is 20.5. The summed E-state index contributed by atoms with van der Waals surface area (Å²) in [5.41, 5.74) is 1.59. The van der Waals surface area contributed by atoms with Crippen molar-refractivity contribution in [2.45, 2.75) is 144 Å². The SMILES string of the molecule is CCC1CC23C4=CCC5C6C(=O)OC6(C(C)C(C)C)CCC5(C)C4CCC2C(C)(COC3C)C1OCC(C)(NC)C(C)(C)C. The highest BCUT2D eigenvalue weighted by atomic mass is 16.6. The normalized spacial score (nSPS) is 48.4. The minimum atomic E-state index is -0.256. The van der Waals surface area contributed by atoms with Crippen LogP contribution in [0.15, 0.2) is 11.6 Å². The lowest BCUT2D eigenvalue weighted by molar-refractivity contribution is -0.283. The van der Waals surface area contributed by atoms with Gasteiger partial charge in [0.05, 0.1) is 25.4 Å². The average Bonchev–Trinajstić information content (AvgIpc) is 2.96. The molecule has 0 aromatic rings. The van der Waals surface area contributed by atoms with Crippen molar-refractivity contribution in [1.29, 1.82) is 0 Å². The van der Waals surface area contributed by atoms with E-state index in [2.05, 4.69) is 94.6 Å². The maximum Gasteiger partial charge on any atom is 0.313 e. The average molecular weight is 612 g/mol. The van der Waals surface area contributed by atoms with E-state index in [9.17, 15) is 4.79 Å². The van der Waals surface area contributed by atoms with Crippen LogP contribution in [0, 0.1) is 63.1 Å². The van der Waals surface area contributed by atoms with Crippen molar-refractivity contribution >= 4 is 5.97 Å². The molecule has 1 N–H and O–H groups in total. The summed E-state index contributed by atoms with van der Waals surface area (Å²) in [7, 11) is 2.08. The number of rotatable bonds is 7. The minimum Gasteiger partial charge on any atom is -0.458 e. The summed E-state index contributed by atoms with van der Waals surface area (Å²) >= 11 is 0. The van der Waals surface area contributed by atoms with E-state index in [4.69, 9.17) is 14.2 Å². The smallest absolute Gasteiger partial charge is 0.313 e. The van der Waals surface area contributed by atoms with Crippen molar-refractivity contribution in [3.8, 4) is 0 Å². The summed E-state index contributed by atoms with van der Waals surface area (Å²) in [5.74, 6) is 2.99. The molecule has 6 aliphatic rings. The Morgan fingerprint density at radius 2 is 1.80 bits per heavy atom. The molecule has 2 bridgehead atoms. The summed E-state index contributed by atoms with van der Waals surface area (Å²) in [5, 5.41) is 3.62. The van der Waals surface area contributed by atoms with Crippen LogP contribution >= 0.6 is 0 Å².